The largest absolute Gasteiger partial charge is 0.326 e. The lowest BCUT2D eigenvalue weighted by atomic mass is 9.99. The van der Waals surface area contributed by atoms with E-state index >= 15 is 0 Å². The lowest BCUT2D eigenvalue weighted by Gasteiger charge is -2.19. The van der Waals surface area contributed by atoms with Gasteiger partial charge in [0.2, 0.25) is 0 Å². The van der Waals surface area contributed by atoms with Crippen molar-refractivity contribution in [2.75, 3.05) is 0 Å². The zero-order valence-electron chi connectivity index (χ0n) is 11.2. The van der Waals surface area contributed by atoms with E-state index < -0.39 is 0 Å². The first-order valence-electron chi connectivity index (χ1n) is 6.50. The number of nitrogens with zero attached hydrogens (tertiary/aromatic N) is 2. The Labute approximate surface area is 113 Å². The molecular weight excluding hydrogens is 246 g/mol. The Bertz CT molecular complexity index is 547. The van der Waals surface area contributed by atoms with Crippen LogP contribution in [0.2, 0.25) is 5.02 Å². The van der Waals surface area contributed by atoms with Crippen molar-refractivity contribution in [2.24, 2.45) is 11.7 Å². The number of fused-ring (bicyclic) bond motifs is 1. The van der Waals surface area contributed by atoms with Crippen molar-refractivity contribution in [3.63, 3.8) is 0 Å². The fourth-order valence-electron chi connectivity index (χ4n) is 2.24. The number of nitrogens with two attached hydrogens (primary N) is 1. The summed E-state index contributed by atoms with van der Waals surface area (Å²) in [6, 6.07) is 5.77. The van der Waals surface area contributed by atoms with Crippen LogP contribution in [-0.2, 0) is 6.54 Å². The van der Waals surface area contributed by atoms with Crippen molar-refractivity contribution in [1.29, 1.82) is 0 Å². The quantitative estimate of drug-likeness (QED) is 0.915. The van der Waals surface area contributed by atoms with Gasteiger partial charge in [-0.2, -0.15) is 0 Å². The molecular formula is C14H20ClN3. The van der Waals surface area contributed by atoms with E-state index in [1.165, 1.54) is 0 Å². The van der Waals surface area contributed by atoms with Crippen LogP contribution in [0.15, 0.2) is 18.2 Å². The Hall–Kier alpha value is -1.06. The van der Waals surface area contributed by atoms with Crippen LogP contribution in [-0.4, -0.2) is 9.55 Å². The van der Waals surface area contributed by atoms with Gasteiger partial charge in [0.05, 0.1) is 22.1 Å². The topological polar surface area (TPSA) is 43.8 Å². The van der Waals surface area contributed by atoms with Gasteiger partial charge in [-0.1, -0.05) is 37.9 Å². The zero-order valence-corrected chi connectivity index (χ0v) is 11.9. The zero-order chi connectivity index (χ0) is 13.3. The molecule has 0 amide bonds. The van der Waals surface area contributed by atoms with Crippen LogP contribution >= 0.6 is 11.6 Å². The molecule has 0 saturated carbocycles. The van der Waals surface area contributed by atoms with Gasteiger partial charge in [-0.05, 0) is 25.0 Å². The predicted molar refractivity (Wildman–Crippen MR) is 76.8 cm³/mol. The van der Waals surface area contributed by atoms with Gasteiger partial charge in [0.25, 0.3) is 0 Å². The molecule has 0 fully saturated rings. The molecule has 1 aromatic carbocycles. The monoisotopic (exact) mass is 265 g/mol. The van der Waals surface area contributed by atoms with Crippen molar-refractivity contribution < 1.29 is 0 Å². The van der Waals surface area contributed by atoms with E-state index in [4.69, 9.17) is 17.3 Å². The summed E-state index contributed by atoms with van der Waals surface area (Å²) in [6.45, 7) is 7.24. The van der Waals surface area contributed by atoms with Gasteiger partial charge >= 0.3 is 0 Å². The van der Waals surface area contributed by atoms with E-state index in [0.29, 0.717) is 5.92 Å². The maximum absolute atomic E-state index is 6.31. The second kappa shape index (κ2) is 5.29. The highest BCUT2D eigenvalue weighted by Gasteiger charge is 2.21. The number of halogens is 1. The summed E-state index contributed by atoms with van der Waals surface area (Å²) in [4.78, 5) is 4.67. The normalized spacial score (nSPS) is 14.9. The van der Waals surface area contributed by atoms with Crippen molar-refractivity contribution >= 4 is 22.6 Å². The second-order valence-corrected chi connectivity index (χ2v) is 5.14. The van der Waals surface area contributed by atoms with E-state index in [1.807, 2.05) is 18.2 Å². The van der Waals surface area contributed by atoms with Crippen LogP contribution in [0.5, 0.6) is 0 Å². The highest BCUT2D eigenvalue weighted by atomic mass is 35.5. The minimum absolute atomic E-state index is 0.0431. The molecule has 1 aromatic heterocycles. The summed E-state index contributed by atoms with van der Waals surface area (Å²) in [6.07, 6.45) is 1.04. The maximum atomic E-state index is 6.31. The molecule has 1 heterocycles. The molecule has 0 saturated heterocycles. The highest BCUT2D eigenvalue weighted by molar-refractivity contribution is 6.35. The molecule has 2 unspecified atom stereocenters. The van der Waals surface area contributed by atoms with Crippen LogP contribution in [0.3, 0.4) is 0 Å². The van der Waals surface area contributed by atoms with Gasteiger partial charge in [0.1, 0.15) is 5.82 Å². The summed E-state index contributed by atoms with van der Waals surface area (Å²) in [7, 11) is 0. The maximum Gasteiger partial charge on any atom is 0.127 e. The summed E-state index contributed by atoms with van der Waals surface area (Å²) in [5, 5.41) is 0.740. The molecule has 0 bridgehead atoms. The van der Waals surface area contributed by atoms with E-state index in [2.05, 4.69) is 30.3 Å². The van der Waals surface area contributed by atoms with Crippen LogP contribution < -0.4 is 5.73 Å². The average Bonchev–Trinajstić information content (AvgIpc) is 2.76. The fourth-order valence-corrected chi connectivity index (χ4v) is 2.51. The fraction of sp³-hybridized carbons (Fsp3) is 0.500. The number of benzene rings is 1. The lowest BCUT2D eigenvalue weighted by Crippen LogP contribution is -2.22. The minimum atomic E-state index is -0.0431. The third-order valence-corrected chi connectivity index (χ3v) is 3.92. The number of para-hydroxylation sites is 1. The van der Waals surface area contributed by atoms with E-state index in [1.54, 1.807) is 0 Å². The smallest absolute Gasteiger partial charge is 0.127 e. The Morgan fingerprint density at radius 1 is 1.39 bits per heavy atom. The lowest BCUT2D eigenvalue weighted by molar-refractivity contribution is 0.427. The number of rotatable bonds is 4. The third-order valence-electron chi connectivity index (χ3n) is 3.62. The van der Waals surface area contributed by atoms with Crippen LogP contribution in [0.1, 0.15) is 39.1 Å². The first-order valence-corrected chi connectivity index (χ1v) is 6.88. The Morgan fingerprint density at radius 2 is 2.11 bits per heavy atom. The molecule has 0 radical (unpaired) electrons. The number of aromatic nitrogens is 2. The molecule has 0 spiro atoms. The van der Waals surface area contributed by atoms with Crippen molar-refractivity contribution in [3.05, 3.63) is 29.0 Å². The van der Waals surface area contributed by atoms with Crippen molar-refractivity contribution in [2.45, 2.75) is 39.8 Å². The minimum Gasteiger partial charge on any atom is -0.326 e. The summed E-state index contributed by atoms with van der Waals surface area (Å²) in [5.74, 6) is 1.35. The molecule has 2 N–H and O–H groups in total. The van der Waals surface area contributed by atoms with Crippen molar-refractivity contribution in [3.8, 4) is 0 Å². The van der Waals surface area contributed by atoms with Crippen LogP contribution in [0, 0.1) is 5.92 Å². The number of hydrogen-bond donors (Lipinski definition) is 1. The van der Waals surface area contributed by atoms with E-state index in [0.717, 1.165) is 34.8 Å². The van der Waals surface area contributed by atoms with Crippen LogP contribution in [0.4, 0.5) is 0 Å². The molecule has 2 atom stereocenters. The average molecular weight is 266 g/mol. The Balaban J connectivity index is 2.61. The van der Waals surface area contributed by atoms with Gasteiger partial charge in [0.15, 0.2) is 0 Å². The molecule has 18 heavy (non-hydrogen) atoms. The van der Waals surface area contributed by atoms with E-state index in [9.17, 15) is 0 Å². The predicted octanol–water partition coefficient (Wildman–Crippen LogP) is 3.76. The molecule has 2 aromatic rings. The first-order chi connectivity index (χ1) is 8.60. The summed E-state index contributed by atoms with van der Waals surface area (Å²) in [5.41, 5.74) is 8.24. The van der Waals surface area contributed by atoms with Gasteiger partial charge in [0, 0.05) is 6.54 Å². The number of imidazole rings is 1. The van der Waals surface area contributed by atoms with Gasteiger partial charge in [-0.3, -0.25) is 0 Å². The first kappa shape index (κ1) is 13.4. The van der Waals surface area contributed by atoms with E-state index in [-0.39, 0.29) is 6.04 Å². The SMILES string of the molecule is CCC(C)C(N)c1nc2cccc(Cl)c2n1CC. The molecule has 2 rings (SSSR count). The molecule has 3 nitrogen and oxygen atoms in total. The Morgan fingerprint density at radius 3 is 2.72 bits per heavy atom. The molecule has 4 heteroatoms. The number of hydrogen-bond acceptors (Lipinski definition) is 2. The molecule has 0 aliphatic rings. The van der Waals surface area contributed by atoms with Gasteiger partial charge in [-0.25, -0.2) is 4.98 Å². The number of aryl methyl sites for hydroxylation is 1. The van der Waals surface area contributed by atoms with Crippen molar-refractivity contribution in [1.82, 2.24) is 9.55 Å². The Kier molecular flexibility index (Phi) is 3.93. The molecule has 98 valence electrons. The molecule has 0 aliphatic carbocycles. The van der Waals surface area contributed by atoms with Crippen LogP contribution in [0.25, 0.3) is 11.0 Å². The summed E-state index contributed by atoms with van der Waals surface area (Å²) < 4.78 is 2.13. The standard InChI is InChI=1S/C14H20ClN3/c1-4-9(3)12(16)14-17-11-8-6-7-10(15)13(11)18(14)5-2/h6-9,12H,4-5,16H2,1-3H3. The third kappa shape index (κ3) is 2.13. The molecule has 0 aliphatic heterocycles. The highest BCUT2D eigenvalue weighted by Crippen LogP contribution is 2.29. The summed E-state index contributed by atoms with van der Waals surface area (Å²) >= 11 is 6.27. The second-order valence-electron chi connectivity index (χ2n) is 4.73. The van der Waals surface area contributed by atoms with Gasteiger partial charge < -0.3 is 10.3 Å². The van der Waals surface area contributed by atoms with Gasteiger partial charge in [-0.15, -0.1) is 0 Å².